The van der Waals surface area contributed by atoms with Crippen LogP contribution in [0.5, 0.6) is 0 Å². The van der Waals surface area contributed by atoms with E-state index in [1.165, 1.54) is 33.6 Å². The van der Waals surface area contributed by atoms with Gasteiger partial charge < -0.3 is 5.43 Å². The Balaban J connectivity index is 2.03. The van der Waals surface area contributed by atoms with E-state index in [1.807, 2.05) is 0 Å². The van der Waals surface area contributed by atoms with E-state index in [2.05, 4.69) is 92.2 Å². The first-order valence-corrected chi connectivity index (χ1v) is 9.30. The third-order valence-corrected chi connectivity index (χ3v) is 5.44. The highest BCUT2D eigenvalue weighted by Gasteiger charge is 2.33. The molecule has 3 nitrogen and oxygen atoms in total. The number of hydrazine groups is 2. The van der Waals surface area contributed by atoms with Gasteiger partial charge in [0.1, 0.15) is 0 Å². The Morgan fingerprint density at radius 3 is 2.32 bits per heavy atom. The number of nitrogens with zero attached hydrogens (tertiary/aromatic N) is 1. The van der Waals surface area contributed by atoms with Crippen molar-refractivity contribution in [1.82, 2.24) is 16.0 Å². The molecule has 0 saturated carbocycles. The Kier molecular flexibility index (Phi) is 4.04. The number of hydrogen-bond donors (Lipinski definition) is 2. The third kappa shape index (κ3) is 2.63. The van der Waals surface area contributed by atoms with Crippen molar-refractivity contribution in [1.29, 1.82) is 0 Å². The van der Waals surface area contributed by atoms with E-state index in [1.54, 1.807) is 0 Å². The summed E-state index contributed by atoms with van der Waals surface area (Å²) >= 11 is 0. The Labute approximate surface area is 150 Å². The third-order valence-electron chi connectivity index (χ3n) is 5.44. The van der Waals surface area contributed by atoms with Crippen molar-refractivity contribution >= 4 is 11.4 Å². The lowest BCUT2D eigenvalue weighted by atomic mass is 9.77. The molecule has 0 saturated heterocycles. The lowest BCUT2D eigenvalue weighted by Gasteiger charge is -2.31. The second-order valence-corrected chi connectivity index (χ2v) is 7.72. The van der Waals surface area contributed by atoms with Gasteiger partial charge in [0.05, 0.1) is 11.4 Å². The molecular formula is C22H27N3. The molecular weight excluding hydrogens is 306 g/mol. The van der Waals surface area contributed by atoms with Crippen LogP contribution >= 0.6 is 0 Å². The van der Waals surface area contributed by atoms with Crippen LogP contribution in [0.1, 0.15) is 55.9 Å². The van der Waals surface area contributed by atoms with Crippen LogP contribution in [0.4, 0.5) is 0 Å². The fraction of sp³-hybridized carbons (Fsp3) is 0.364. The first-order chi connectivity index (χ1) is 12.1. The topological polar surface area (TPSA) is 27.3 Å². The molecule has 0 aromatic heterocycles. The summed E-state index contributed by atoms with van der Waals surface area (Å²) in [5.74, 6) is 1.10. The number of hydrogen-bond acceptors (Lipinski definition) is 3. The van der Waals surface area contributed by atoms with Crippen molar-refractivity contribution in [2.24, 2.45) is 5.92 Å². The van der Waals surface area contributed by atoms with Crippen LogP contribution in [0.25, 0.3) is 11.4 Å². The molecule has 1 atom stereocenters. The van der Waals surface area contributed by atoms with E-state index < -0.39 is 0 Å². The Morgan fingerprint density at radius 1 is 0.920 bits per heavy atom. The van der Waals surface area contributed by atoms with Gasteiger partial charge in [-0.1, -0.05) is 62.4 Å². The maximum atomic E-state index is 3.45. The van der Waals surface area contributed by atoms with Crippen LogP contribution in [0.3, 0.4) is 0 Å². The molecule has 0 radical (unpaired) electrons. The molecule has 1 aliphatic carbocycles. The molecule has 130 valence electrons. The van der Waals surface area contributed by atoms with Gasteiger partial charge in [-0.25, -0.2) is 0 Å². The minimum Gasteiger partial charge on any atom is -0.301 e. The quantitative estimate of drug-likeness (QED) is 0.845. The molecule has 25 heavy (non-hydrogen) atoms. The number of rotatable bonds is 2. The molecule has 2 aromatic carbocycles. The molecule has 2 aromatic rings. The standard InChI is InChI=1S/C22H27N3/c1-14(2)20-13-16-9-5-6-10-17(16)21-22(25(15(3)4)24-23-21)19-12-8-7-11-18(19)20/h5-12,14-15,20,23-24H,13H2,1-4H3. The van der Waals surface area contributed by atoms with E-state index in [4.69, 9.17) is 0 Å². The zero-order chi connectivity index (χ0) is 17.6. The van der Waals surface area contributed by atoms with Gasteiger partial charge in [-0.2, -0.15) is 0 Å². The molecule has 3 heteroatoms. The van der Waals surface area contributed by atoms with Gasteiger partial charge in [-0.15, -0.1) is 5.53 Å². The summed E-state index contributed by atoms with van der Waals surface area (Å²) < 4.78 is 0. The Morgan fingerprint density at radius 2 is 1.60 bits per heavy atom. The molecule has 4 rings (SSSR count). The zero-order valence-electron chi connectivity index (χ0n) is 15.5. The lowest BCUT2D eigenvalue weighted by molar-refractivity contribution is 0.237. The highest BCUT2D eigenvalue weighted by Crippen LogP contribution is 2.42. The van der Waals surface area contributed by atoms with Crippen molar-refractivity contribution in [3.8, 4) is 0 Å². The number of nitrogens with one attached hydrogen (secondary N) is 2. The second-order valence-electron chi connectivity index (χ2n) is 7.72. The van der Waals surface area contributed by atoms with Gasteiger partial charge in [0.2, 0.25) is 0 Å². The van der Waals surface area contributed by atoms with E-state index >= 15 is 0 Å². The maximum absolute atomic E-state index is 3.45. The number of benzene rings is 2. The summed E-state index contributed by atoms with van der Waals surface area (Å²) in [6, 6.07) is 18.1. The smallest absolute Gasteiger partial charge is 0.0867 e. The average molecular weight is 333 g/mol. The van der Waals surface area contributed by atoms with Crippen LogP contribution in [-0.4, -0.2) is 11.1 Å². The predicted molar refractivity (Wildman–Crippen MR) is 104 cm³/mol. The van der Waals surface area contributed by atoms with Crippen molar-refractivity contribution < 1.29 is 0 Å². The molecule has 0 bridgehead atoms. The minimum atomic E-state index is 0.358. The highest BCUT2D eigenvalue weighted by molar-refractivity contribution is 5.92. The molecule has 1 aliphatic heterocycles. The highest BCUT2D eigenvalue weighted by atomic mass is 15.7. The molecule has 0 fully saturated rings. The summed E-state index contributed by atoms with van der Waals surface area (Å²) in [4.78, 5) is 0. The van der Waals surface area contributed by atoms with Crippen molar-refractivity contribution in [3.05, 3.63) is 70.8 Å². The second kappa shape index (κ2) is 6.23. The lowest BCUT2D eigenvalue weighted by Crippen LogP contribution is -2.41. The van der Waals surface area contributed by atoms with Crippen molar-refractivity contribution in [2.75, 3.05) is 0 Å². The molecule has 0 amide bonds. The van der Waals surface area contributed by atoms with Crippen molar-refractivity contribution in [3.63, 3.8) is 0 Å². The van der Waals surface area contributed by atoms with Gasteiger partial charge in [0.15, 0.2) is 0 Å². The summed E-state index contributed by atoms with van der Waals surface area (Å²) in [6.07, 6.45) is 1.07. The van der Waals surface area contributed by atoms with Crippen LogP contribution in [0.15, 0.2) is 48.5 Å². The SMILES string of the molecule is CC(C)C1Cc2ccccc2C2=C(c3ccccc31)N(C(C)C)NN2. The first kappa shape index (κ1) is 16.2. The van der Waals surface area contributed by atoms with Gasteiger partial charge in [0, 0.05) is 17.2 Å². The fourth-order valence-corrected chi connectivity index (χ4v) is 4.12. The van der Waals surface area contributed by atoms with E-state index in [0.717, 1.165) is 6.42 Å². The molecule has 1 unspecified atom stereocenters. The van der Waals surface area contributed by atoms with Crippen LogP contribution in [0, 0.1) is 5.92 Å². The molecule has 0 spiro atoms. The van der Waals surface area contributed by atoms with Gasteiger partial charge in [-0.3, -0.25) is 5.01 Å². The fourth-order valence-electron chi connectivity index (χ4n) is 4.12. The average Bonchev–Trinajstić information content (AvgIpc) is 3.03. The maximum Gasteiger partial charge on any atom is 0.0867 e. The Bertz CT molecular complexity index is 820. The molecule has 1 heterocycles. The van der Waals surface area contributed by atoms with Crippen molar-refractivity contribution in [2.45, 2.75) is 46.1 Å². The Hall–Kier alpha value is -2.26. The summed E-state index contributed by atoms with van der Waals surface area (Å²) in [6.45, 7) is 9.12. The zero-order valence-corrected chi connectivity index (χ0v) is 15.5. The van der Waals surface area contributed by atoms with Gasteiger partial charge >= 0.3 is 0 Å². The van der Waals surface area contributed by atoms with E-state index in [-0.39, 0.29) is 0 Å². The number of fused-ring (bicyclic) bond motifs is 4. The largest absolute Gasteiger partial charge is 0.301 e. The predicted octanol–water partition coefficient (Wildman–Crippen LogP) is 4.54. The van der Waals surface area contributed by atoms with Gasteiger partial charge in [-0.05, 0) is 43.2 Å². The van der Waals surface area contributed by atoms with Crippen LogP contribution in [-0.2, 0) is 6.42 Å². The minimum absolute atomic E-state index is 0.358. The monoisotopic (exact) mass is 333 g/mol. The summed E-state index contributed by atoms with van der Waals surface area (Å²) in [5.41, 5.74) is 14.8. The first-order valence-electron chi connectivity index (χ1n) is 9.30. The van der Waals surface area contributed by atoms with E-state index in [0.29, 0.717) is 17.9 Å². The molecule has 2 N–H and O–H groups in total. The summed E-state index contributed by atoms with van der Waals surface area (Å²) in [7, 11) is 0. The van der Waals surface area contributed by atoms with Crippen LogP contribution in [0.2, 0.25) is 0 Å². The molecule has 2 aliphatic rings. The van der Waals surface area contributed by atoms with Gasteiger partial charge in [0.25, 0.3) is 0 Å². The van der Waals surface area contributed by atoms with E-state index in [9.17, 15) is 0 Å². The van der Waals surface area contributed by atoms with Crippen LogP contribution < -0.4 is 11.0 Å². The summed E-state index contributed by atoms with van der Waals surface area (Å²) in [5, 5.41) is 2.26. The normalized spacial score (nSPS) is 19.3.